The summed E-state index contributed by atoms with van der Waals surface area (Å²) in [6, 6.07) is 3.84. The molecule has 2 aliphatic carbocycles. The van der Waals surface area contributed by atoms with Gasteiger partial charge in [0.25, 0.3) is 0 Å². The third-order valence-electron chi connectivity index (χ3n) is 6.29. The summed E-state index contributed by atoms with van der Waals surface area (Å²) in [5.41, 5.74) is 4.95. The summed E-state index contributed by atoms with van der Waals surface area (Å²) in [6.07, 6.45) is 7.26. The molecule has 1 nitrogen and oxygen atoms in total. The fourth-order valence-corrected chi connectivity index (χ4v) is 19.7. The molecule has 0 aromatic heterocycles. The molecule has 0 amide bonds. The smallest absolute Gasteiger partial charge is 0.147 e. The normalized spacial score (nSPS) is 21.9. The van der Waals surface area contributed by atoms with Gasteiger partial charge in [-0.1, -0.05) is 0 Å². The maximum Gasteiger partial charge on any atom is -0.147 e. The van der Waals surface area contributed by atoms with Crippen LogP contribution in [-0.4, -0.2) is 12.7 Å². The minimum Gasteiger partial charge on any atom is -0.147 e. The van der Waals surface area contributed by atoms with Crippen molar-refractivity contribution in [3.63, 3.8) is 0 Å². The predicted octanol–water partition coefficient (Wildman–Crippen LogP) is 6.31. The second-order valence-electron chi connectivity index (χ2n) is 7.47. The van der Waals surface area contributed by atoms with Gasteiger partial charge in [-0.25, -0.2) is 0 Å². The van der Waals surface area contributed by atoms with Crippen LogP contribution in [0.15, 0.2) is 20.6 Å². The van der Waals surface area contributed by atoms with E-state index in [1.54, 1.807) is 16.7 Å². The zero-order valence-electron chi connectivity index (χ0n) is 16.5. The summed E-state index contributed by atoms with van der Waals surface area (Å²) in [5.74, 6) is 0.735. The second kappa shape index (κ2) is 11.6. The molecular weight excluding hydrogens is 389 g/mol. The predicted molar refractivity (Wildman–Crippen MR) is 113 cm³/mol. The van der Waals surface area contributed by atoms with Crippen LogP contribution in [0.25, 0.3) is 0 Å². The van der Waals surface area contributed by atoms with Crippen molar-refractivity contribution < 1.29 is 17.4 Å². The van der Waals surface area contributed by atoms with Crippen LogP contribution in [0, 0.1) is 5.92 Å². The molecule has 2 rings (SSSR count). The Morgan fingerprint density at radius 1 is 0.958 bits per heavy atom. The molecule has 141 valence electrons. The quantitative estimate of drug-likeness (QED) is 0.490. The van der Waals surface area contributed by atoms with E-state index in [1.165, 1.54) is 44.2 Å². The Kier molecular flexibility index (Phi) is 12.1. The Hall–Kier alpha value is 0.951. The molecule has 1 atom stereocenters. The van der Waals surface area contributed by atoms with E-state index >= 15 is 0 Å². The number of halogens is 2. The summed E-state index contributed by atoms with van der Waals surface area (Å²) in [5, 5.41) is 0. The first-order valence-corrected chi connectivity index (χ1v) is 16.0. The molecule has 0 aromatic rings. The van der Waals surface area contributed by atoms with Gasteiger partial charge in [-0.2, -0.15) is 0 Å². The first-order valence-electron chi connectivity index (χ1n) is 9.53. The molecule has 0 aliphatic heterocycles. The molecular formula is C19H38Cl2NSiTi. The van der Waals surface area contributed by atoms with E-state index in [0.717, 1.165) is 12.0 Å². The Morgan fingerprint density at radius 2 is 1.50 bits per heavy atom. The number of hydrogen-bond donors (Lipinski definition) is 1. The fourth-order valence-electron chi connectivity index (χ4n) is 4.38. The van der Waals surface area contributed by atoms with Crippen LogP contribution in [0.3, 0.4) is 0 Å². The van der Waals surface area contributed by atoms with Crippen molar-refractivity contribution in [2.45, 2.75) is 91.8 Å². The Morgan fingerprint density at radius 3 is 1.92 bits per heavy atom. The second-order valence-corrected chi connectivity index (χ2v) is 19.3. The Bertz CT molecular complexity index is 454. The molecule has 0 heterocycles. The SMILES string of the molecule is CC[SiH](CC)[Ti]([NH]C1CCCCC1)[C]1=C(C)C(C)=C(C)C1C.Cl.Cl. The van der Waals surface area contributed by atoms with Crippen LogP contribution in [-0.2, 0) is 17.4 Å². The summed E-state index contributed by atoms with van der Waals surface area (Å²) in [6.45, 7) is 14.0. The number of allylic oxidation sites excluding steroid dienone is 4. The van der Waals surface area contributed by atoms with E-state index < -0.39 is 24.0 Å². The van der Waals surface area contributed by atoms with Gasteiger partial charge in [-0.3, -0.25) is 0 Å². The summed E-state index contributed by atoms with van der Waals surface area (Å²) < 4.78 is 6.28. The van der Waals surface area contributed by atoms with Gasteiger partial charge < -0.3 is 0 Å². The average Bonchev–Trinajstić information content (AvgIpc) is 2.72. The van der Waals surface area contributed by atoms with Crippen LogP contribution in [0.4, 0.5) is 0 Å². The van der Waals surface area contributed by atoms with Gasteiger partial charge in [-0.15, -0.1) is 24.8 Å². The molecule has 0 bridgehead atoms. The first-order chi connectivity index (χ1) is 10.5. The first kappa shape index (κ1) is 25.0. The molecule has 24 heavy (non-hydrogen) atoms. The Labute approximate surface area is 170 Å². The van der Waals surface area contributed by atoms with Gasteiger partial charge in [0.05, 0.1) is 0 Å². The van der Waals surface area contributed by atoms with Gasteiger partial charge in [0.15, 0.2) is 0 Å². The van der Waals surface area contributed by atoms with Gasteiger partial charge in [0.1, 0.15) is 0 Å². The summed E-state index contributed by atoms with van der Waals surface area (Å²) in [7, 11) is 0. The molecule has 5 heteroatoms. The van der Waals surface area contributed by atoms with E-state index in [0.29, 0.717) is 0 Å². The largest absolute Gasteiger partial charge is 0.147 e. The number of rotatable bonds is 6. The van der Waals surface area contributed by atoms with Crippen molar-refractivity contribution in [3.8, 4) is 0 Å². The average molecular weight is 427 g/mol. The van der Waals surface area contributed by atoms with E-state index in [1.807, 2.05) is 3.88 Å². The molecule has 1 unspecified atom stereocenters. The minimum absolute atomic E-state index is 0. The zero-order valence-corrected chi connectivity index (χ0v) is 20.8. The monoisotopic (exact) mass is 426 g/mol. The van der Waals surface area contributed by atoms with Crippen molar-refractivity contribution in [1.29, 1.82) is 0 Å². The molecule has 1 fully saturated rings. The Balaban J connectivity index is 0.00000264. The minimum atomic E-state index is -1.27. The number of nitrogens with one attached hydrogen (secondary N) is 1. The molecule has 1 saturated carbocycles. The topological polar surface area (TPSA) is 12.0 Å². The van der Waals surface area contributed by atoms with Crippen LogP contribution in [0.5, 0.6) is 0 Å². The van der Waals surface area contributed by atoms with Crippen molar-refractivity contribution in [3.05, 3.63) is 20.6 Å². The molecule has 2 aliphatic rings. The van der Waals surface area contributed by atoms with E-state index in [2.05, 4.69) is 45.3 Å². The van der Waals surface area contributed by atoms with Crippen molar-refractivity contribution >= 4 is 31.5 Å². The van der Waals surface area contributed by atoms with E-state index in [9.17, 15) is 0 Å². The summed E-state index contributed by atoms with van der Waals surface area (Å²) >= 11 is -1.27. The van der Waals surface area contributed by atoms with Gasteiger partial charge >= 0.3 is 146 Å². The molecule has 0 saturated heterocycles. The van der Waals surface area contributed by atoms with Crippen LogP contribution in [0.2, 0.25) is 12.1 Å². The summed E-state index contributed by atoms with van der Waals surface area (Å²) in [4.78, 5) is 0. The maximum atomic E-state index is 4.35. The van der Waals surface area contributed by atoms with E-state index in [-0.39, 0.29) is 24.8 Å². The standard InChI is InChI=1S/C9H13.C6H12N.C4H11Si.2ClH.Ti/c1-6-5-7(2)9(4)8(6)3;7-6-4-2-1-3-5-6;1-3-5-4-2;;;/h6H,1-4H3;6-7H,1-5H2;5H,3-4H2,1-2H3;2*1H;/q;-1;;;;+1. The molecule has 0 aromatic carbocycles. The van der Waals surface area contributed by atoms with Crippen molar-refractivity contribution in [2.24, 2.45) is 5.92 Å². The van der Waals surface area contributed by atoms with Gasteiger partial charge in [-0.05, 0) is 0 Å². The fraction of sp³-hybridized carbons (Fsp3) is 0.789. The van der Waals surface area contributed by atoms with E-state index in [4.69, 9.17) is 0 Å². The zero-order chi connectivity index (χ0) is 16.3. The van der Waals surface area contributed by atoms with Gasteiger partial charge in [0, 0.05) is 0 Å². The third-order valence-corrected chi connectivity index (χ3v) is 22.0. The molecule has 1 N–H and O–H groups in total. The van der Waals surface area contributed by atoms with Crippen LogP contribution in [0.1, 0.15) is 73.6 Å². The van der Waals surface area contributed by atoms with Crippen LogP contribution < -0.4 is 3.80 Å². The maximum absolute atomic E-state index is 4.35. The third kappa shape index (κ3) is 5.47. The number of hydrogen-bond acceptors (Lipinski definition) is 1. The van der Waals surface area contributed by atoms with Crippen molar-refractivity contribution in [1.82, 2.24) is 3.80 Å². The van der Waals surface area contributed by atoms with Crippen LogP contribution >= 0.6 is 24.8 Å². The molecule has 0 spiro atoms. The molecule has 0 radical (unpaired) electrons. The van der Waals surface area contributed by atoms with Gasteiger partial charge in [0.2, 0.25) is 0 Å². The van der Waals surface area contributed by atoms with Crippen molar-refractivity contribution in [2.75, 3.05) is 0 Å².